The summed E-state index contributed by atoms with van der Waals surface area (Å²) in [5, 5.41) is 0.0669. The van der Waals surface area contributed by atoms with E-state index in [-0.39, 0.29) is 28.9 Å². The van der Waals surface area contributed by atoms with Crippen LogP contribution < -0.4 is 10.5 Å². The first-order valence-corrected chi connectivity index (χ1v) is 8.20. The number of carbonyl (C=O) groups is 2. The number of para-hydroxylation sites is 1. The number of nitrogens with zero attached hydrogens (tertiary/aromatic N) is 2. The van der Waals surface area contributed by atoms with E-state index in [1.54, 1.807) is 31.2 Å². The molecule has 0 radical (unpaired) electrons. The Morgan fingerprint density at radius 3 is 2.69 bits per heavy atom. The van der Waals surface area contributed by atoms with Crippen molar-refractivity contribution in [3.63, 3.8) is 0 Å². The highest BCUT2D eigenvalue weighted by Crippen LogP contribution is 2.39. The van der Waals surface area contributed by atoms with Crippen LogP contribution in [-0.2, 0) is 15.1 Å². The van der Waals surface area contributed by atoms with Crippen LogP contribution in [0.15, 0.2) is 41.4 Å². The van der Waals surface area contributed by atoms with Gasteiger partial charge in [0.1, 0.15) is 5.15 Å². The molecule has 2 heterocycles. The summed E-state index contributed by atoms with van der Waals surface area (Å²) in [6.07, 6.45) is 0. The number of methoxy groups -OCH3 is 1. The Morgan fingerprint density at radius 1 is 1.27 bits per heavy atom. The first-order valence-electron chi connectivity index (χ1n) is 7.82. The van der Waals surface area contributed by atoms with E-state index >= 15 is 0 Å². The van der Waals surface area contributed by atoms with Gasteiger partial charge in [0.25, 0.3) is 0 Å². The Bertz CT molecular complexity index is 928. The van der Waals surface area contributed by atoms with Crippen LogP contribution in [0, 0.1) is 0 Å². The summed E-state index contributed by atoms with van der Waals surface area (Å²) in [5.74, 6) is -1.14. The van der Waals surface area contributed by atoms with Crippen LogP contribution in [0.4, 0.5) is 5.69 Å². The summed E-state index contributed by atoms with van der Waals surface area (Å²) in [6.45, 7) is 1.79. The summed E-state index contributed by atoms with van der Waals surface area (Å²) in [5.41, 5.74) is 5.53. The fraction of sp³-hybridized carbons (Fsp3) is 0.222. The van der Waals surface area contributed by atoms with E-state index in [9.17, 15) is 9.59 Å². The summed E-state index contributed by atoms with van der Waals surface area (Å²) in [6, 6.07) is 9.57. The molecular formula is C18H16ClN3O4. The normalized spacial score (nSPS) is 18.1. The number of fused-ring (bicyclic) bond motifs is 1. The lowest BCUT2D eigenvalue weighted by atomic mass is 9.81. The van der Waals surface area contributed by atoms with Crippen LogP contribution >= 0.6 is 11.6 Å². The first-order chi connectivity index (χ1) is 12.4. The number of rotatable bonds is 5. The van der Waals surface area contributed by atoms with Crippen molar-refractivity contribution >= 4 is 34.8 Å². The van der Waals surface area contributed by atoms with Gasteiger partial charge in [-0.3, -0.25) is 4.79 Å². The number of esters is 1. The molecule has 0 spiro atoms. The predicted molar refractivity (Wildman–Crippen MR) is 96.2 cm³/mol. The lowest BCUT2D eigenvalue weighted by Crippen LogP contribution is -2.53. The molecule has 0 amide bonds. The van der Waals surface area contributed by atoms with Crippen LogP contribution in [0.25, 0.3) is 0 Å². The summed E-state index contributed by atoms with van der Waals surface area (Å²) >= 11 is 5.97. The molecule has 0 bridgehead atoms. The van der Waals surface area contributed by atoms with Crippen LogP contribution in [0.5, 0.6) is 5.88 Å². The van der Waals surface area contributed by atoms with Crippen molar-refractivity contribution in [3.05, 3.63) is 52.7 Å². The number of hydrogen-bond acceptors (Lipinski definition) is 7. The van der Waals surface area contributed by atoms with E-state index in [0.29, 0.717) is 11.3 Å². The molecular weight excluding hydrogens is 358 g/mol. The zero-order valence-electron chi connectivity index (χ0n) is 14.2. The second-order valence-electron chi connectivity index (χ2n) is 5.56. The molecule has 1 aliphatic rings. The molecule has 0 fully saturated rings. The van der Waals surface area contributed by atoms with Gasteiger partial charge in [-0.05, 0) is 19.1 Å². The Labute approximate surface area is 154 Å². The van der Waals surface area contributed by atoms with Crippen molar-refractivity contribution in [1.82, 2.24) is 4.98 Å². The maximum atomic E-state index is 13.3. The van der Waals surface area contributed by atoms with Crippen LogP contribution in [0.3, 0.4) is 0 Å². The predicted octanol–water partition coefficient (Wildman–Crippen LogP) is 2.43. The highest BCUT2D eigenvalue weighted by molar-refractivity contribution is 6.48. The van der Waals surface area contributed by atoms with E-state index in [1.165, 1.54) is 19.2 Å². The maximum Gasteiger partial charge on any atom is 0.355 e. The molecule has 3 rings (SSSR count). The number of ether oxygens (including phenoxy) is 2. The number of aliphatic imine (C=N–C) groups is 1. The molecule has 8 heteroatoms. The third kappa shape index (κ3) is 2.85. The van der Waals surface area contributed by atoms with Crippen LogP contribution in [0.2, 0.25) is 5.15 Å². The minimum Gasteiger partial charge on any atom is -0.481 e. The van der Waals surface area contributed by atoms with Gasteiger partial charge in [-0.1, -0.05) is 29.8 Å². The fourth-order valence-electron chi connectivity index (χ4n) is 2.81. The average Bonchev–Trinajstić information content (AvgIpc) is 2.95. The molecule has 1 aliphatic heterocycles. The molecule has 1 aromatic heterocycles. The van der Waals surface area contributed by atoms with Gasteiger partial charge in [-0.15, -0.1) is 0 Å². The van der Waals surface area contributed by atoms with Crippen molar-refractivity contribution < 1.29 is 19.1 Å². The number of pyridine rings is 1. The number of hydrogen-bond donors (Lipinski definition) is 1. The van der Waals surface area contributed by atoms with Crippen molar-refractivity contribution in [2.24, 2.45) is 10.7 Å². The minimum atomic E-state index is -1.79. The highest BCUT2D eigenvalue weighted by atomic mass is 35.5. The Hall–Kier alpha value is -2.77. The van der Waals surface area contributed by atoms with Gasteiger partial charge in [0.05, 0.1) is 19.4 Å². The molecule has 0 aliphatic carbocycles. The minimum absolute atomic E-state index is 0.0669. The van der Waals surface area contributed by atoms with Gasteiger partial charge >= 0.3 is 5.97 Å². The monoisotopic (exact) mass is 373 g/mol. The van der Waals surface area contributed by atoms with E-state index in [0.717, 1.165) is 0 Å². The largest absolute Gasteiger partial charge is 0.481 e. The number of nitrogens with two attached hydrogens (primary N) is 1. The molecule has 2 aromatic rings. The Balaban J connectivity index is 2.15. The quantitative estimate of drug-likeness (QED) is 0.490. The number of aromatic nitrogens is 1. The zero-order chi connectivity index (χ0) is 18.9. The standard InChI is InChI=1S/C18H16ClN3O4/c1-3-26-17(24)15-18(20,11-6-4-5-7-12(11)21-15)16(23)10-8-13(19)22-14(9-10)25-2/h4-9H,3,20H2,1-2H3. The van der Waals surface area contributed by atoms with E-state index in [4.69, 9.17) is 26.8 Å². The topological polar surface area (TPSA) is 104 Å². The Kier molecular flexibility index (Phi) is 4.76. The number of Topliss-reactive ketones (excluding diaryl/α,β-unsaturated/α-hetero) is 1. The molecule has 2 N–H and O–H groups in total. The molecule has 26 heavy (non-hydrogen) atoms. The third-order valence-electron chi connectivity index (χ3n) is 4.00. The lowest BCUT2D eigenvalue weighted by Gasteiger charge is -2.25. The number of ketones is 1. The van der Waals surface area contributed by atoms with Gasteiger partial charge < -0.3 is 15.2 Å². The molecule has 134 valence electrons. The second kappa shape index (κ2) is 6.86. The highest BCUT2D eigenvalue weighted by Gasteiger charge is 2.50. The lowest BCUT2D eigenvalue weighted by molar-refractivity contribution is -0.135. The van der Waals surface area contributed by atoms with Gasteiger partial charge in [-0.2, -0.15) is 0 Å². The van der Waals surface area contributed by atoms with Gasteiger partial charge in [0, 0.05) is 17.2 Å². The molecule has 1 atom stereocenters. The number of halogens is 1. The van der Waals surface area contributed by atoms with Crippen molar-refractivity contribution in [3.8, 4) is 5.88 Å². The third-order valence-corrected chi connectivity index (χ3v) is 4.20. The first kappa shape index (κ1) is 18.0. The molecule has 0 saturated heterocycles. The summed E-state index contributed by atoms with van der Waals surface area (Å²) < 4.78 is 10.1. The van der Waals surface area contributed by atoms with Gasteiger partial charge in [0.15, 0.2) is 17.0 Å². The van der Waals surface area contributed by atoms with Gasteiger partial charge in [0.2, 0.25) is 5.88 Å². The summed E-state index contributed by atoms with van der Waals surface area (Å²) in [7, 11) is 1.40. The number of benzene rings is 1. The second-order valence-corrected chi connectivity index (χ2v) is 5.94. The SMILES string of the molecule is CCOC(=O)C1=Nc2ccccc2C1(N)C(=O)c1cc(Cl)nc(OC)c1. The molecule has 0 saturated carbocycles. The molecule has 1 aromatic carbocycles. The molecule has 1 unspecified atom stereocenters. The van der Waals surface area contributed by atoms with Crippen LogP contribution in [-0.4, -0.2) is 36.2 Å². The maximum absolute atomic E-state index is 13.3. The number of carbonyl (C=O) groups excluding carboxylic acids is 2. The average molecular weight is 374 g/mol. The van der Waals surface area contributed by atoms with E-state index in [1.807, 2.05) is 0 Å². The van der Waals surface area contributed by atoms with Crippen molar-refractivity contribution in [2.45, 2.75) is 12.5 Å². The fourth-order valence-corrected chi connectivity index (χ4v) is 3.01. The smallest absolute Gasteiger partial charge is 0.355 e. The van der Waals surface area contributed by atoms with Gasteiger partial charge in [-0.25, -0.2) is 14.8 Å². The van der Waals surface area contributed by atoms with Crippen molar-refractivity contribution in [1.29, 1.82) is 0 Å². The summed E-state index contributed by atoms with van der Waals surface area (Å²) in [4.78, 5) is 33.9. The van der Waals surface area contributed by atoms with E-state index in [2.05, 4.69) is 9.98 Å². The van der Waals surface area contributed by atoms with E-state index < -0.39 is 17.3 Å². The zero-order valence-corrected chi connectivity index (χ0v) is 14.9. The molecule has 7 nitrogen and oxygen atoms in total. The van der Waals surface area contributed by atoms with Crippen LogP contribution in [0.1, 0.15) is 22.8 Å². The Morgan fingerprint density at radius 2 is 2.00 bits per heavy atom. The van der Waals surface area contributed by atoms with Crippen molar-refractivity contribution in [2.75, 3.05) is 13.7 Å².